The predicted octanol–water partition coefficient (Wildman–Crippen LogP) is 2.75. The molecule has 0 spiro atoms. The van der Waals surface area contributed by atoms with Crippen LogP contribution >= 0.6 is 0 Å². The molecule has 3 N–H and O–H groups in total. The number of rotatable bonds is 7. The number of carbonyl (C=O) groups excluding carboxylic acids is 1. The van der Waals surface area contributed by atoms with Crippen LogP contribution in [0.5, 0.6) is 0 Å². The summed E-state index contributed by atoms with van der Waals surface area (Å²) in [5, 5.41) is 9.06. The van der Waals surface area contributed by atoms with Gasteiger partial charge in [0.2, 0.25) is 5.91 Å². The molecule has 0 aromatic heterocycles. The number of benzene rings is 1. The number of nitrogens with zero attached hydrogens (tertiary/aromatic N) is 1. The van der Waals surface area contributed by atoms with Gasteiger partial charge in [-0.3, -0.25) is 4.79 Å². The third-order valence-corrected chi connectivity index (χ3v) is 4.00. The SMILES string of the molecule is C=CC(CCC(=O)NC)Nc1ccc(N2CCNCC2)c(F)c1.CC. The highest BCUT2D eigenvalue weighted by atomic mass is 19.1. The topological polar surface area (TPSA) is 56.4 Å². The number of halogens is 1. The van der Waals surface area contributed by atoms with E-state index in [0.29, 0.717) is 24.2 Å². The third-order valence-electron chi connectivity index (χ3n) is 4.00. The largest absolute Gasteiger partial charge is 0.379 e. The van der Waals surface area contributed by atoms with Gasteiger partial charge in [-0.2, -0.15) is 0 Å². The molecule has 1 aromatic rings. The van der Waals surface area contributed by atoms with Gasteiger partial charge in [0, 0.05) is 51.4 Å². The van der Waals surface area contributed by atoms with E-state index in [-0.39, 0.29) is 17.8 Å². The maximum Gasteiger partial charge on any atom is 0.219 e. The second-order valence-corrected chi connectivity index (χ2v) is 5.60. The molecule has 1 fully saturated rings. The third kappa shape index (κ3) is 6.74. The zero-order valence-electron chi connectivity index (χ0n) is 15.6. The first-order chi connectivity index (χ1) is 12.1. The standard InChI is InChI=1S/C17H25FN4O.C2H6/c1-3-13(5-7-17(23)19-2)21-14-4-6-16(15(18)12-14)22-10-8-20-9-11-22;1-2/h3-4,6,12-13,20-21H,1,5,7-11H2,2H3,(H,19,23);1-2H3. The zero-order valence-corrected chi connectivity index (χ0v) is 15.6. The van der Waals surface area contributed by atoms with Gasteiger partial charge in [-0.05, 0) is 24.6 Å². The van der Waals surface area contributed by atoms with Crippen LogP contribution in [0.3, 0.4) is 0 Å². The molecule has 1 amide bonds. The molecule has 0 saturated carbocycles. The summed E-state index contributed by atoms with van der Waals surface area (Å²) in [6.45, 7) is 11.1. The number of piperazine rings is 1. The highest BCUT2D eigenvalue weighted by molar-refractivity contribution is 5.75. The Morgan fingerprint density at radius 1 is 1.40 bits per heavy atom. The van der Waals surface area contributed by atoms with Crippen molar-refractivity contribution < 1.29 is 9.18 Å². The van der Waals surface area contributed by atoms with Crippen molar-refractivity contribution in [3.05, 3.63) is 36.7 Å². The smallest absolute Gasteiger partial charge is 0.219 e. The quantitative estimate of drug-likeness (QED) is 0.662. The van der Waals surface area contributed by atoms with Gasteiger partial charge in [0.15, 0.2) is 0 Å². The molecule has 1 aliphatic heterocycles. The molecule has 1 heterocycles. The van der Waals surface area contributed by atoms with Gasteiger partial charge < -0.3 is 20.9 Å². The van der Waals surface area contributed by atoms with Crippen molar-refractivity contribution in [2.75, 3.05) is 43.4 Å². The molecule has 1 unspecified atom stereocenters. The Morgan fingerprint density at radius 3 is 2.64 bits per heavy atom. The summed E-state index contributed by atoms with van der Waals surface area (Å²) in [4.78, 5) is 13.4. The van der Waals surface area contributed by atoms with E-state index >= 15 is 0 Å². The Bertz CT molecular complexity index is 544. The lowest BCUT2D eigenvalue weighted by Gasteiger charge is -2.30. The van der Waals surface area contributed by atoms with Crippen LogP contribution in [0.15, 0.2) is 30.9 Å². The molecule has 1 aliphatic rings. The van der Waals surface area contributed by atoms with Gasteiger partial charge in [-0.25, -0.2) is 4.39 Å². The van der Waals surface area contributed by atoms with Gasteiger partial charge >= 0.3 is 0 Å². The molecular formula is C19H31FN4O. The average Bonchev–Trinajstić information content (AvgIpc) is 2.67. The zero-order chi connectivity index (χ0) is 18.7. The Kier molecular flexibility index (Phi) is 9.62. The fourth-order valence-corrected chi connectivity index (χ4v) is 2.63. The normalized spacial score (nSPS) is 14.8. The summed E-state index contributed by atoms with van der Waals surface area (Å²) in [7, 11) is 1.61. The van der Waals surface area contributed by atoms with E-state index in [0.717, 1.165) is 26.2 Å². The molecule has 0 radical (unpaired) electrons. The number of hydrogen-bond acceptors (Lipinski definition) is 4. The van der Waals surface area contributed by atoms with Gasteiger partial charge in [0.1, 0.15) is 5.82 Å². The van der Waals surface area contributed by atoms with Gasteiger partial charge in [-0.1, -0.05) is 19.9 Å². The first-order valence-electron chi connectivity index (χ1n) is 8.99. The Labute approximate surface area is 150 Å². The minimum atomic E-state index is -0.231. The van der Waals surface area contributed by atoms with E-state index in [9.17, 15) is 9.18 Å². The number of amides is 1. The summed E-state index contributed by atoms with van der Waals surface area (Å²) in [6, 6.07) is 5.11. The van der Waals surface area contributed by atoms with E-state index in [1.807, 2.05) is 30.9 Å². The summed E-state index contributed by atoms with van der Waals surface area (Å²) >= 11 is 0. The highest BCUT2D eigenvalue weighted by Crippen LogP contribution is 2.24. The highest BCUT2D eigenvalue weighted by Gasteiger charge is 2.15. The predicted molar refractivity (Wildman–Crippen MR) is 104 cm³/mol. The lowest BCUT2D eigenvalue weighted by molar-refractivity contribution is -0.120. The van der Waals surface area contributed by atoms with Crippen molar-refractivity contribution in [3.63, 3.8) is 0 Å². The minimum Gasteiger partial charge on any atom is -0.379 e. The Balaban J connectivity index is 0.00000151. The molecule has 2 rings (SSSR count). The molecule has 1 atom stereocenters. The van der Waals surface area contributed by atoms with Crippen LogP contribution in [-0.2, 0) is 4.79 Å². The number of hydrogen-bond donors (Lipinski definition) is 3. The summed E-state index contributed by atoms with van der Waals surface area (Å²) in [5.74, 6) is -0.245. The molecule has 6 heteroatoms. The maximum atomic E-state index is 14.4. The second kappa shape index (κ2) is 11.5. The molecule has 0 bridgehead atoms. The van der Waals surface area contributed by atoms with Crippen molar-refractivity contribution in [1.82, 2.24) is 10.6 Å². The van der Waals surface area contributed by atoms with Crippen molar-refractivity contribution >= 4 is 17.3 Å². The lowest BCUT2D eigenvalue weighted by atomic mass is 10.1. The van der Waals surface area contributed by atoms with Crippen molar-refractivity contribution in [2.45, 2.75) is 32.7 Å². The van der Waals surface area contributed by atoms with E-state index < -0.39 is 0 Å². The molecule has 1 aromatic carbocycles. The van der Waals surface area contributed by atoms with Crippen molar-refractivity contribution in [3.8, 4) is 0 Å². The van der Waals surface area contributed by atoms with Crippen LogP contribution in [0.2, 0.25) is 0 Å². The molecule has 5 nitrogen and oxygen atoms in total. The average molecular weight is 350 g/mol. The van der Waals surface area contributed by atoms with Crippen LogP contribution < -0.4 is 20.9 Å². The molecule has 0 aliphatic carbocycles. The fraction of sp³-hybridized carbons (Fsp3) is 0.526. The van der Waals surface area contributed by atoms with Crippen molar-refractivity contribution in [1.29, 1.82) is 0 Å². The summed E-state index contributed by atoms with van der Waals surface area (Å²) < 4.78 is 14.4. The van der Waals surface area contributed by atoms with Gasteiger partial charge in [0.25, 0.3) is 0 Å². The Morgan fingerprint density at radius 2 is 2.08 bits per heavy atom. The summed E-state index contributed by atoms with van der Waals surface area (Å²) in [6.07, 6.45) is 2.76. The van der Waals surface area contributed by atoms with Crippen LogP contribution in [0, 0.1) is 5.82 Å². The van der Waals surface area contributed by atoms with Gasteiger partial charge in [0.05, 0.1) is 5.69 Å². The van der Waals surface area contributed by atoms with E-state index in [2.05, 4.69) is 22.5 Å². The number of anilines is 2. The molecular weight excluding hydrogens is 319 g/mol. The molecule has 140 valence electrons. The maximum absolute atomic E-state index is 14.4. The van der Waals surface area contributed by atoms with Gasteiger partial charge in [-0.15, -0.1) is 6.58 Å². The number of carbonyl (C=O) groups is 1. The number of nitrogens with one attached hydrogen (secondary N) is 3. The van der Waals surface area contributed by atoms with E-state index in [4.69, 9.17) is 0 Å². The monoisotopic (exact) mass is 350 g/mol. The van der Waals surface area contributed by atoms with E-state index in [1.54, 1.807) is 13.1 Å². The summed E-state index contributed by atoms with van der Waals surface area (Å²) in [5.41, 5.74) is 1.33. The molecule has 1 saturated heterocycles. The van der Waals surface area contributed by atoms with E-state index in [1.165, 1.54) is 6.07 Å². The first kappa shape index (κ1) is 21.0. The van der Waals surface area contributed by atoms with Crippen LogP contribution in [-0.4, -0.2) is 45.2 Å². The van der Waals surface area contributed by atoms with Crippen LogP contribution in [0.4, 0.5) is 15.8 Å². The lowest BCUT2D eigenvalue weighted by Crippen LogP contribution is -2.43. The minimum absolute atomic E-state index is 0.0149. The van der Waals surface area contributed by atoms with Crippen LogP contribution in [0.25, 0.3) is 0 Å². The molecule has 25 heavy (non-hydrogen) atoms. The Hall–Kier alpha value is -2.08. The van der Waals surface area contributed by atoms with Crippen molar-refractivity contribution in [2.24, 2.45) is 0 Å². The fourth-order valence-electron chi connectivity index (χ4n) is 2.63. The first-order valence-corrected chi connectivity index (χ1v) is 8.99. The second-order valence-electron chi connectivity index (χ2n) is 5.60. The van der Waals surface area contributed by atoms with Crippen LogP contribution in [0.1, 0.15) is 26.7 Å².